The third-order valence-corrected chi connectivity index (χ3v) is 5.40. The van der Waals surface area contributed by atoms with Gasteiger partial charge in [-0.15, -0.1) is 0 Å². The monoisotopic (exact) mass is 397 g/mol. The molecule has 2 aliphatic rings. The highest BCUT2D eigenvalue weighted by Crippen LogP contribution is 2.51. The van der Waals surface area contributed by atoms with Gasteiger partial charge < -0.3 is 14.8 Å². The van der Waals surface area contributed by atoms with Gasteiger partial charge in [-0.25, -0.2) is 0 Å². The lowest BCUT2D eigenvalue weighted by atomic mass is 9.77. The van der Waals surface area contributed by atoms with Crippen molar-refractivity contribution in [3.63, 3.8) is 0 Å². The topological polar surface area (TPSA) is 64.6 Å². The SMILES string of the molecule is CC(=O)Oc1ccc(C2Nc3ccc(Cl)cc3C3C=CCC32)c(OC(C)=O)c1. The zero-order valence-corrected chi connectivity index (χ0v) is 16.3. The predicted octanol–water partition coefficient (Wildman–Crippen LogP) is 5.02. The van der Waals surface area contributed by atoms with Gasteiger partial charge >= 0.3 is 11.9 Å². The Labute approximate surface area is 168 Å². The van der Waals surface area contributed by atoms with Gasteiger partial charge in [0.25, 0.3) is 0 Å². The van der Waals surface area contributed by atoms with E-state index < -0.39 is 11.9 Å². The Morgan fingerprint density at radius 3 is 2.57 bits per heavy atom. The smallest absolute Gasteiger partial charge is 0.308 e. The minimum Gasteiger partial charge on any atom is -0.427 e. The van der Waals surface area contributed by atoms with Crippen LogP contribution in [-0.2, 0) is 9.59 Å². The summed E-state index contributed by atoms with van der Waals surface area (Å²) in [6.07, 6.45) is 5.30. The van der Waals surface area contributed by atoms with Gasteiger partial charge in [0, 0.05) is 42.1 Å². The first-order valence-corrected chi connectivity index (χ1v) is 9.53. The van der Waals surface area contributed by atoms with Crippen LogP contribution >= 0.6 is 11.6 Å². The van der Waals surface area contributed by atoms with Gasteiger partial charge in [0.15, 0.2) is 0 Å². The summed E-state index contributed by atoms with van der Waals surface area (Å²) in [6, 6.07) is 10.9. The number of halogens is 1. The summed E-state index contributed by atoms with van der Waals surface area (Å²) in [5.41, 5.74) is 3.04. The van der Waals surface area contributed by atoms with E-state index in [9.17, 15) is 9.59 Å². The third kappa shape index (κ3) is 3.50. The molecule has 0 fully saturated rings. The summed E-state index contributed by atoms with van der Waals surface area (Å²) in [7, 11) is 0. The fourth-order valence-electron chi connectivity index (χ4n) is 4.12. The lowest BCUT2D eigenvalue weighted by Crippen LogP contribution is -2.29. The Bertz CT molecular complexity index is 984. The summed E-state index contributed by atoms with van der Waals surface area (Å²) in [5.74, 6) is 0.384. The minimum absolute atomic E-state index is 0.0607. The maximum absolute atomic E-state index is 11.7. The number of esters is 2. The number of benzene rings is 2. The Morgan fingerprint density at radius 1 is 1.04 bits per heavy atom. The highest BCUT2D eigenvalue weighted by atomic mass is 35.5. The standard InChI is InChI=1S/C22H20ClNO4/c1-12(25)27-15-7-8-18(21(11-15)28-13(2)26)22-17-5-3-4-16(17)19-10-14(23)6-9-20(19)24-22/h3-4,6-11,16-17,22,24H,5H2,1-2H3. The normalized spacial score (nSPS) is 22.0. The second-order valence-corrected chi connectivity index (χ2v) is 7.53. The summed E-state index contributed by atoms with van der Waals surface area (Å²) >= 11 is 6.21. The van der Waals surface area contributed by atoms with Crippen LogP contribution in [0.1, 0.15) is 43.4 Å². The second kappa shape index (κ2) is 7.32. The van der Waals surface area contributed by atoms with Gasteiger partial charge in [-0.1, -0.05) is 23.8 Å². The maximum atomic E-state index is 11.7. The number of nitrogens with one attached hydrogen (secondary N) is 1. The third-order valence-electron chi connectivity index (χ3n) is 5.16. The number of hydrogen-bond acceptors (Lipinski definition) is 5. The van der Waals surface area contributed by atoms with Crippen molar-refractivity contribution in [3.8, 4) is 11.5 Å². The predicted molar refractivity (Wildman–Crippen MR) is 107 cm³/mol. The van der Waals surface area contributed by atoms with Crippen molar-refractivity contribution in [2.24, 2.45) is 5.92 Å². The average Bonchev–Trinajstić information content (AvgIpc) is 3.11. The lowest BCUT2D eigenvalue weighted by Gasteiger charge is -2.38. The van der Waals surface area contributed by atoms with E-state index in [1.54, 1.807) is 12.1 Å². The van der Waals surface area contributed by atoms with Crippen molar-refractivity contribution in [2.45, 2.75) is 32.2 Å². The molecule has 0 spiro atoms. The number of ether oxygens (including phenoxy) is 2. The number of fused-ring (bicyclic) bond motifs is 3. The van der Waals surface area contributed by atoms with E-state index in [0.29, 0.717) is 16.5 Å². The molecule has 2 aromatic rings. The van der Waals surface area contributed by atoms with Gasteiger partial charge in [-0.05, 0) is 48.2 Å². The van der Waals surface area contributed by atoms with Gasteiger partial charge in [0.2, 0.25) is 0 Å². The molecule has 28 heavy (non-hydrogen) atoms. The van der Waals surface area contributed by atoms with Crippen LogP contribution in [0.3, 0.4) is 0 Å². The van der Waals surface area contributed by atoms with Gasteiger partial charge in [-0.2, -0.15) is 0 Å². The molecule has 144 valence electrons. The van der Waals surface area contributed by atoms with Gasteiger partial charge in [0.05, 0.1) is 6.04 Å². The van der Waals surface area contributed by atoms with Crippen LogP contribution in [0.25, 0.3) is 0 Å². The van der Waals surface area contributed by atoms with Crippen molar-refractivity contribution in [1.82, 2.24) is 0 Å². The first kappa shape index (κ1) is 18.6. The molecule has 1 N–H and O–H groups in total. The number of allylic oxidation sites excluding steroid dienone is 2. The molecule has 0 bridgehead atoms. The van der Waals surface area contributed by atoms with E-state index in [-0.39, 0.29) is 17.9 Å². The Kier molecular flexibility index (Phi) is 4.85. The first-order chi connectivity index (χ1) is 13.4. The van der Waals surface area contributed by atoms with Crippen LogP contribution in [-0.4, -0.2) is 11.9 Å². The number of hydrogen-bond donors (Lipinski definition) is 1. The van der Waals surface area contributed by atoms with Gasteiger partial charge in [-0.3, -0.25) is 9.59 Å². The second-order valence-electron chi connectivity index (χ2n) is 7.09. The zero-order chi connectivity index (χ0) is 19.8. The first-order valence-electron chi connectivity index (χ1n) is 9.16. The zero-order valence-electron chi connectivity index (χ0n) is 15.6. The molecule has 0 saturated heterocycles. The molecule has 1 aliphatic carbocycles. The van der Waals surface area contributed by atoms with E-state index in [1.807, 2.05) is 24.3 Å². The number of carbonyl (C=O) groups excluding carboxylic acids is 2. The van der Waals surface area contributed by atoms with E-state index in [1.165, 1.54) is 19.4 Å². The quantitative estimate of drug-likeness (QED) is 0.447. The number of rotatable bonds is 3. The van der Waals surface area contributed by atoms with Crippen LogP contribution in [0.5, 0.6) is 11.5 Å². The highest BCUT2D eigenvalue weighted by Gasteiger charge is 2.39. The highest BCUT2D eigenvalue weighted by molar-refractivity contribution is 6.30. The molecule has 1 aliphatic heterocycles. The van der Waals surface area contributed by atoms with Crippen molar-refractivity contribution < 1.29 is 19.1 Å². The summed E-state index contributed by atoms with van der Waals surface area (Å²) in [5, 5.41) is 4.30. The molecular formula is C22H20ClNO4. The van der Waals surface area contributed by atoms with E-state index in [2.05, 4.69) is 17.5 Å². The molecule has 3 unspecified atom stereocenters. The van der Waals surface area contributed by atoms with Crippen LogP contribution in [0.15, 0.2) is 48.6 Å². The van der Waals surface area contributed by atoms with E-state index >= 15 is 0 Å². The fraction of sp³-hybridized carbons (Fsp3) is 0.273. The van der Waals surface area contributed by atoms with Crippen molar-refractivity contribution >= 4 is 29.2 Å². The summed E-state index contributed by atoms with van der Waals surface area (Å²) < 4.78 is 10.6. The van der Waals surface area contributed by atoms with Crippen LogP contribution in [0, 0.1) is 5.92 Å². The molecule has 3 atom stereocenters. The molecule has 0 aromatic heterocycles. The Balaban J connectivity index is 1.76. The average molecular weight is 398 g/mol. The number of anilines is 1. The summed E-state index contributed by atoms with van der Waals surface area (Å²) in [6.45, 7) is 2.69. The van der Waals surface area contributed by atoms with Gasteiger partial charge in [0.1, 0.15) is 11.5 Å². The van der Waals surface area contributed by atoms with Crippen LogP contribution in [0.2, 0.25) is 5.02 Å². The molecule has 1 heterocycles. The molecule has 0 saturated carbocycles. The molecule has 0 radical (unpaired) electrons. The lowest BCUT2D eigenvalue weighted by molar-refractivity contribution is -0.132. The molecular weight excluding hydrogens is 378 g/mol. The molecule has 5 nitrogen and oxygen atoms in total. The maximum Gasteiger partial charge on any atom is 0.308 e. The van der Waals surface area contributed by atoms with E-state index in [4.69, 9.17) is 21.1 Å². The van der Waals surface area contributed by atoms with Crippen LogP contribution in [0.4, 0.5) is 5.69 Å². The largest absolute Gasteiger partial charge is 0.427 e. The Hall–Kier alpha value is -2.79. The summed E-state index contributed by atoms with van der Waals surface area (Å²) in [4.78, 5) is 23.0. The van der Waals surface area contributed by atoms with Crippen molar-refractivity contribution in [1.29, 1.82) is 0 Å². The molecule has 4 rings (SSSR count). The molecule has 6 heteroatoms. The van der Waals surface area contributed by atoms with Crippen LogP contribution < -0.4 is 14.8 Å². The minimum atomic E-state index is -0.428. The van der Waals surface area contributed by atoms with Crippen molar-refractivity contribution in [3.05, 3.63) is 64.7 Å². The fourth-order valence-corrected chi connectivity index (χ4v) is 4.30. The molecule has 0 amide bonds. The number of carbonyl (C=O) groups is 2. The van der Waals surface area contributed by atoms with Crippen molar-refractivity contribution in [2.75, 3.05) is 5.32 Å². The Morgan fingerprint density at radius 2 is 1.82 bits per heavy atom. The molecule has 2 aromatic carbocycles. The van der Waals surface area contributed by atoms with E-state index in [0.717, 1.165) is 17.7 Å².